The van der Waals surface area contributed by atoms with Gasteiger partial charge in [-0.3, -0.25) is 14.4 Å². The summed E-state index contributed by atoms with van der Waals surface area (Å²) in [5, 5.41) is 13.3. The van der Waals surface area contributed by atoms with Crippen LogP contribution in [0.3, 0.4) is 0 Å². The molecule has 2 rings (SSSR count). The molecule has 9 heteroatoms. The fourth-order valence-corrected chi connectivity index (χ4v) is 5.20. The molecule has 8 nitrogen and oxygen atoms in total. The number of carboxylic acid groups (broad SMARTS) is 1. The van der Waals surface area contributed by atoms with Gasteiger partial charge < -0.3 is 5.11 Å². The molecule has 0 spiro atoms. The Labute approximate surface area is 155 Å². The average molecular weight is 387 g/mol. The maximum Gasteiger partial charge on any atom is 0.317 e. The van der Waals surface area contributed by atoms with Crippen LogP contribution >= 0.6 is 0 Å². The third-order valence-corrected chi connectivity index (χ3v) is 6.59. The number of nitrogens with zero attached hydrogens (tertiary/aromatic N) is 3. The number of carboxylic acids is 1. The number of likely N-dealkylation sites (N-methyl/N-ethyl adjacent to an activating group) is 1. The highest BCUT2D eigenvalue weighted by molar-refractivity contribution is 7.89. The van der Waals surface area contributed by atoms with Gasteiger partial charge in [-0.05, 0) is 39.2 Å². The second-order valence-electron chi connectivity index (χ2n) is 7.48. The largest absolute Gasteiger partial charge is 0.480 e. The molecule has 0 saturated heterocycles. The minimum absolute atomic E-state index is 0.0131. The predicted octanol–water partition coefficient (Wildman–Crippen LogP) is 1.37. The summed E-state index contributed by atoms with van der Waals surface area (Å²) in [4.78, 5) is 13.0. The molecular weight excluding hydrogens is 356 g/mol. The van der Waals surface area contributed by atoms with Crippen molar-refractivity contribution in [3.63, 3.8) is 0 Å². The van der Waals surface area contributed by atoms with E-state index in [9.17, 15) is 13.2 Å². The first-order valence-electron chi connectivity index (χ1n) is 9.07. The van der Waals surface area contributed by atoms with Gasteiger partial charge in [-0.2, -0.15) is 5.10 Å². The summed E-state index contributed by atoms with van der Waals surface area (Å²) >= 11 is 0. The van der Waals surface area contributed by atoms with Gasteiger partial charge >= 0.3 is 5.97 Å². The van der Waals surface area contributed by atoms with Crippen LogP contribution in [0.15, 0.2) is 4.90 Å². The van der Waals surface area contributed by atoms with Crippen molar-refractivity contribution < 1.29 is 18.3 Å². The van der Waals surface area contributed by atoms with E-state index in [1.54, 1.807) is 18.5 Å². The summed E-state index contributed by atoms with van der Waals surface area (Å²) < 4.78 is 30.2. The van der Waals surface area contributed by atoms with Crippen LogP contribution in [-0.4, -0.2) is 59.3 Å². The lowest BCUT2D eigenvalue weighted by Crippen LogP contribution is -2.54. The Hall–Kier alpha value is -1.45. The first-order chi connectivity index (χ1) is 12.0. The van der Waals surface area contributed by atoms with E-state index in [1.165, 1.54) is 0 Å². The number of rotatable bonds is 9. The van der Waals surface area contributed by atoms with Crippen LogP contribution in [0.2, 0.25) is 0 Å². The van der Waals surface area contributed by atoms with Crippen molar-refractivity contribution in [3.8, 4) is 0 Å². The van der Waals surface area contributed by atoms with E-state index in [1.807, 2.05) is 11.8 Å². The van der Waals surface area contributed by atoms with E-state index >= 15 is 0 Å². The van der Waals surface area contributed by atoms with Gasteiger partial charge in [0.25, 0.3) is 0 Å². The highest BCUT2D eigenvalue weighted by Gasteiger charge is 2.37. The van der Waals surface area contributed by atoms with Crippen molar-refractivity contribution in [1.82, 2.24) is 19.4 Å². The molecule has 26 heavy (non-hydrogen) atoms. The first kappa shape index (κ1) is 20.9. The molecule has 0 aliphatic heterocycles. The Balaban J connectivity index is 2.05. The minimum Gasteiger partial charge on any atom is -0.480 e. The van der Waals surface area contributed by atoms with Crippen molar-refractivity contribution in [2.45, 2.75) is 71.0 Å². The Morgan fingerprint density at radius 1 is 1.38 bits per heavy atom. The molecule has 1 fully saturated rings. The van der Waals surface area contributed by atoms with E-state index in [0.29, 0.717) is 43.2 Å². The number of nitrogens with one attached hydrogen (secondary N) is 1. The zero-order valence-electron chi connectivity index (χ0n) is 16.2. The summed E-state index contributed by atoms with van der Waals surface area (Å²) in [5.74, 6) is -0.488. The maximum absolute atomic E-state index is 12.8. The van der Waals surface area contributed by atoms with Gasteiger partial charge in [0, 0.05) is 18.6 Å². The van der Waals surface area contributed by atoms with E-state index in [-0.39, 0.29) is 23.5 Å². The predicted molar refractivity (Wildman–Crippen MR) is 98.6 cm³/mol. The standard InChI is InChI=1S/C17H30N4O4S/c1-6-20(10-16(22)23)15-7-14(8-15)19-26(24,25)17-12(4)18-21(13(17)5)9-11(2)3/h11,14-15,19H,6-10H2,1-5H3,(H,22,23). The van der Waals surface area contributed by atoms with Crippen LogP contribution in [0.25, 0.3) is 0 Å². The maximum atomic E-state index is 12.8. The molecule has 0 aromatic carbocycles. The van der Waals surface area contributed by atoms with Crippen LogP contribution in [0, 0.1) is 19.8 Å². The van der Waals surface area contributed by atoms with Crippen LogP contribution in [0.4, 0.5) is 0 Å². The highest BCUT2D eigenvalue weighted by atomic mass is 32.2. The van der Waals surface area contributed by atoms with Crippen molar-refractivity contribution in [1.29, 1.82) is 0 Å². The van der Waals surface area contributed by atoms with Gasteiger partial charge in [-0.25, -0.2) is 13.1 Å². The van der Waals surface area contributed by atoms with Crippen LogP contribution < -0.4 is 4.72 Å². The van der Waals surface area contributed by atoms with E-state index < -0.39 is 16.0 Å². The van der Waals surface area contributed by atoms with Crippen molar-refractivity contribution in [3.05, 3.63) is 11.4 Å². The fraction of sp³-hybridized carbons (Fsp3) is 0.765. The Morgan fingerprint density at radius 2 is 2.00 bits per heavy atom. The van der Waals surface area contributed by atoms with Gasteiger partial charge in [0.15, 0.2) is 0 Å². The van der Waals surface area contributed by atoms with Crippen LogP contribution in [0.1, 0.15) is 45.0 Å². The Kier molecular flexibility index (Phi) is 6.46. The third-order valence-electron chi connectivity index (χ3n) is 4.82. The third kappa shape index (κ3) is 4.63. The number of hydrogen-bond donors (Lipinski definition) is 2. The molecule has 0 atom stereocenters. The Morgan fingerprint density at radius 3 is 2.50 bits per heavy atom. The summed E-state index contributed by atoms with van der Waals surface area (Å²) in [6.07, 6.45) is 1.25. The normalized spacial score (nSPS) is 20.6. The Bertz CT molecular complexity index is 751. The molecule has 148 valence electrons. The molecule has 1 aliphatic carbocycles. The molecule has 1 aromatic heterocycles. The smallest absolute Gasteiger partial charge is 0.317 e. The second kappa shape index (κ2) is 8.06. The molecule has 0 unspecified atom stereocenters. The monoisotopic (exact) mass is 386 g/mol. The lowest BCUT2D eigenvalue weighted by atomic mass is 9.86. The quantitative estimate of drug-likeness (QED) is 0.664. The summed E-state index contributed by atoms with van der Waals surface area (Å²) in [7, 11) is -3.64. The molecule has 1 saturated carbocycles. The number of aryl methyl sites for hydroxylation is 1. The topological polar surface area (TPSA) is 105 Å². The van der Waals surface area contributed by atoms with Gasteiger partial charge in [0.2, 0.25) is 10.0 Å². The minimum atomic E-state index is -3.64. The number of hydrogen-bond acceptors (Lipinski definition) is 5. The summed E-state index contributed by atoms with van der Waals surface area (Å²) in [6.45, 7) is 10.8. The van der Waals surface area contributed by atoms with Crippen molar-refractivity contribution in [2.75, 3.05) is 13.1 Å². The highest BCUT2D eigenvalue weighted by Crippen LogP contribution is 2.28. The molecule has 1 heterocycles. The summed E-state index contributed by atoms with van der Waals surface area (Å²) in [6, 6.07) is -0.0604. The molecule has 0 radical (unpaired) electrons. The van der Waals surface area contributed by atoms with E-state index in [4.69, 9.17) is 5.11 Å². The van der Waals surface area contributed by atoms with Gasteiger partial charge in [0.1, 0.15) is 4.90 Å². The number of sulfonamides is 1. The SMILES string of the molecule is CCN(CC(=O)O)C1CC(NS(=O)(=O)c2c(C)nn(CC(C)C)c2C)C1. The number of aromatic nitrogens is 2. The lowest BCUT2D eigenvalue weighted by molar-refractivity contribution is -0.139. The zero-order chi connectivity index (χ0) is 19.6. The number of carbonyl (C=O) groups is 1. The fourth-order valence-electron chi connectivity index (χ4n) is 3.53. The first-order valence-corrected chi connectivity index (χ1v) is 10.6. The molecule has 0 bridgehead atoms. The van der Waals surface area contributed by atoms with Gasteiger partial charge in [-0.15, -0.1) is 0 Å². The van der Waals surface area contributed by atoms with Crippen LogP contribution in [0.5, 0.6) is 0 Å². The molecule has 1 aliphatic rings. The van der Waals surface area contributed by atoms with Gasteiger partial charge in [-0.1, -0.05) is 20.8 Å². The zero-order valence-corrected chi connectivity index (χ0v) is 17.0. The van der Waals surface area contributed by atoms with Crippen LogP contribution in [-0.2, 0) is 21.4 Å². The van der Waals surface area contributed by atoms with E-state index in [2.05, 4.69) is 23.7 Å². The van der Waals surface area contributed by atoms with Crippen molar-refractivity contribution in [2.24, 2.45) is 5.92 Å². The van der Waals surface area contributed by atoms with E-state index in [0.717, 1.165) is 0 Å². The molecule has 0 amide bonds. The second-order valence-corrected chi connectivity index (χ2v) is 9.13. The summed E-state index contributed by atoms with van der Waals surface area (Å²) in [5.41, 5.74) is 1.16. The van der Waals surface area contributed by atoms with Gasteiger partial charge in [0.05, 0.1) is 17.9 Å². The lowest BCUT2D eigenvalue weighted by Gasteiger charge is -2.42. The number of aliphatic carboxylic acids is 1. The molecule has 2 N–H and O–H groups in total. The molecular formula is C17H30N4O4S. The molecule has 1 aromatic rings. The average Bonchev–Trinajstić information content (AvgIpc) is 2.74. The van der Waals surface area contributed by atoms with Crippen molar-refractivity contribution >= 4 is 16.0 Å².